The van der Waals surface area contributed by atoms with Crippen LogP contribution in [0.25, 0.3) is 27.8 Å². The second kappa shape index (κ2) is 6.68. The molecule has 1 aromatic carbocycles. The van der Waals surface area contributed by atoms with Crippen molar-refractivity contribution in [2.45, 2.75) is 0 Å². The molecule has 0 fully saturated rings. The van der Waals surface area contributed by atoms with Crippen molar-refractivity contribution in [3.05, 3.63) is 80.7 Å². The number of hydrogen-bond acceptors (Lipinski definition) is 4. The summed E-state index contributed by atoms with van der Waals surface area (Å²) >= 11 is 18.9. The summed E-state index contributed by atoms with van der Waals surface area (Å²) in [5.74, 6) is 0. The van der Waals surface area contributed by atoms with Gasteiger partial charge in [-0.05, 0) is 35.9 Å². The molecule has 4 rings (SSSR count). The van der Waals surface area contributed by atoms with Crippen LogP contribution in [0.3, 0.4) is 0 Å². The summed E-state index contributed by atoms with van der Waals surface area (Å²) in [4.78, 5) is 20.4. The SMILES string of the molecule is O=c1ncn2nc(Cl)c(-c3ccncc3)cc2c1-c1c(Cl)cccc1Cl. The summed E-state index contributed by atoms with van der Waals surface area (Å²) in [6.07, 6.45) is 4.62. The van der Waals surface area contributed by atoms with Crippen molar-refractivity contribution in [1.82, 2.24) is 19.6 Å². The minimum atomic E-state index is -0.454. The zero-order valence-electron chi connectivity index (χ0n) is 13.0. The van der Waals surface area contributed by atoms with E-state index in [1.54, 1.807) is 48.8 Å². The molecule has 0 unspecified atom stereocenters. The predicted octanol–water partition coefficient (Wildman–Crippen LogP) is 4.78. The highest BCUT2D eigenvalue weighted by molar-refractivity contribution is 6.39. The number of benzene rings is 1. The number of rotatable bonds is 2. The Kier molecular flexibility index (Phi) is 4.36. The monoisotopic (exact) mass is 402 g/mol. The standard InChI is InChI=1S/C18H9Cl3N4O/c19-12-2-1-3-13(20)15(12)16-14-8-11(10-4-6-22-7-5-10)17(21)24-25(14)9-23-18(16)26/h1-9H. The molecule has 0 spiro atoms. The highest BCUT2D eigenvalue weighted by atomic mass is 35.5. The van der Waals surface area contributed by atoms with E-state index in [4.69, 9.17) is 34.8 Å². The van der Waals surface area contributed by atoms with Gasteiger partial charge in [-0.25, -0.2) is 4.52 Å². The van der Waals surface area contributed by atoms with Gasteiger partial charge in [-0.3, -0.25) is 9.78 Å². The Morgan fingerprint density at radius 1 is 0.923 bits per heavy atom. The summed E-state index contributed by atoms with van der Waals surface area (Å²) in [6, 6.07) is 10.4. The molecule has 3 heterocycles. The van der Waals surface area contributed by atoms with Crippen molar-refractivity contribution < 1.29 is 0 Å². The number of hydrogen-bond donors (Lipinski definition) is 0. The number of halogens is 3. The largest absolute Gasteiger partial charge is 0.281 e. The van der Waals surface area contributed by atoms with Gasteiger partial charge < -0.3 is 0 Å². The molecule has 8 heteroatoms. The van der Waals surface area contributed by atoms with Crippen LogP contribution in [0.15, 0.2) is 59.9 Å². The van der Waals surface area contributed by atoms with E-state index in [1.807, 2.05) is 0 Å². The lowest BCUT2D eigenvalue weighted by atomic mass is 10.0. The first-order chi connectivity index (χ1) is 12.6. The molecule has 26 heavy (non-hydrogen) atoms. The van der Waals surface area contributed by atoms with E-state index in [2.05, 4.69) is 15.1 Å². The second-order valence-electron chi connectivity index (χ2n) is 5.44. The number of fused-ring (bicyclic) bond motifs is 1. The van der Waals surface area contributed by atoms with Crippen molar-refractivity contribution in [1.29, 1.82) is 0 Å². The Morgan fingerprint density at radius 2 is 1.62 bits per heavy atom. The molecule has 0 aliphatic carbocycles. The van der Waals surface area contributed by atoms with Gasteiger partial charge in [0.05, 0.1) is 21.1 Å². The lowest BCUT2D eigenvalue weighted by Gasteiger charge is -2.12. The first-order valence-corrected chi connectivity index (χ1v) is 8.62. The normalized spacial score (nSPS) is 11.0. The fraction of sp³-hybridized carbons (Fsp3) is 0. The van der Waals surface area contributed by atoms with E-state index in [0.29, 0.717) is 26.7 Å². The van der Waals surface area contributed by atoms with Gasteiger partial charge in [0.1, 0.15) is 6.33 Å². The Balaban J connectivity index is 2.11. The Bertz CT molecular complexity index is 1170. The minimum absolute atomic E-state index is 0.266. The molecular weight excluding hydrogens is 395 g/mol. The topological polar surface area (TPSA) is 60.2 Å². The van der Waals surface area contributed by atoms with Crippen LogP contribution in [0, 0.1) is 0 Å². The molecule has 128 valence electrons. The van der Waals surface area contributed by atoms with E-state index in [9.17, 15) is 4.79 Å². The molecule has 0 N–H and O–H groups in total. The zero-order chi connectivity index (χ0) is 18.3. The maximum absolute atomic E-state index is 12.6. The smallest absolute Gasteiger partial charge is 0.267 e. The van der Waals surface area contributed by atoms with E-state index >= 15 is 0 Å². The average molecular weight is 404 g/mol. The van der Waals surface area contributed by atoms with Crippen molar-refractivity contribution in [2.24, 2.45) is 0 Å². The van der Waals surface area contributed by atoms with Crippen molar-refractivity contribution in [3.8, 4) is 22.3 Å². The Hall–Kier alpha value is -2.47. The quantitative estimate of drug-likeness (QED) is 0.483. The second-order valence-corrected chi connectivity index (χ2v) is 6.61. The lowest BCUT2D eigenvalue weighted by Crippen LogP contribution is -2.14. The molecule has 3 aromatic heterocycles. The van der Waals surface area contributed by atoms with E-state index < -0.39 is 5.56 Å². The molecule has 0 saturated carbocycles. The Labute approximate surface area is 162 Å². The lowest BCUT2D eigenvalue weighted by molar-refractivity contribution is 0.885. The molecule has 4 aromatic rings. The van der Waals surface area contributed by atoms with Crippen LogP contribution < -0.4 is 5.56 Å². The van der Waals surface area contributed by atoms with Gasteiger partial charge in [-0.2, -0.15) is 10.1 Å². The van der Waals surface area contributed by atoms with Crippen LogP contribution in [0.5, 0.6) is 0 Å². The van der Waals surface area contributed by atoms with Gasteiger partial charge in [-0.1, -0.05) is 40.9 Å². The maximum atomic E-state index is 12.6. The summed E-state index contributed by atoms with van der Waals surface area (Å²) in [6.45, 7) is 0. The van der Waals surface area contributed by atoms with Gasteiger partial charge in [0, 0.05) is 23.5 Å². The molecule has 0 aliphatic rings. The average Bonchev–Trinajstić information content (AvgIpc) is 2.64. The number of nitrogens with zero attached hydrogens (tertiary/aromatic N) is 4. The predicted molar refractivity (Wildman–Crippen MR) is 103 cm³/mol. The highest BCUT2D eigenvalue weighted by Crippen LogP contribution is 2.36. The van der Waals surface area contributed by atoms with Crippen LogP contribution in [0.1, 0.15) is 0 Å². The van der Waals surface area contributed by atoms with Crippen LogP contribution >= 0.6 is 34.8 Å². The van der Waals surface area contributed by atoms with Crippen molar-refractivity contribution in [2.75, 3.05) is 0 Å². The molecule has 0 saturated heterocycles. The van der Waals surface area contributed by atoms with E-state index in [1.165, 1.54) is 10.8 Å². The van der Waals surface area contributed by atoms with E-state index in [0.717, 1.165) is 5.56 Å². The van der Waals surface area contributed by atoms with Gasteiger partial charge >= 0.3 is 0 Å². The van der Waals surface area contributed by atoms with Gasteiger partial charge in [0.15, 0.2) is 5.15 Å². The van der Waals surface area contributed by atoms with Gasteiger partial charge in [0.2, 0.25) is 0 Å². The third-order valence-corrected chi connectivity index (χ3v) is 4.81. The summed E-state index contributed by atoms with van der Waals surface area (Å²) in [7, 11) is 0. The first-order valence-electron chi connectivity index (χ1n) is 7.49. The van der Waals surface area contributed by atoms with Gasteiger partial charge in [0.25, 0.3) is 5.56 Å². The third kappa shape index (κ3) is 2.84. The number of pyridine rings is 1. The molecule has 0 aliphatic heterocycles. The zero-order valence-corrected chi connectivity index (χ0v) is 15.3. The molecule has 0 radical (unpaired) electrons. The summed E-state index contributed by atoms with van der Waals surface area (Å²) in [5.41, 5.74) is 2.20. The fourth-order valence-corrected chi connectivity index (χ4v) is 3.56. The van der Waals surface area contributed by atoms with Crippen molar-refractivity contribution >= 4 is 40.3 Å². The maximum Gasteiger partial charge on any atom is 0.281 e. The number of aromatic nitrogens is 4. The van der Waals surface area contributed by atoms with E-state index in [-0.39, 0.29) is 10.7 Å². The summed E-state index contributed by atoms with van der Waals surface area (Å²) in [5, 5.41) is 5.29. The molecule has 0 atom stereocenters. The van der Waals surface area contributed by atoms with Crippen LogP contribution in [-0.4, -0.2) is 19.6 Å². The van der Waals surface area contributed by atoms with Gasteiger partial charge in [-0.15, -0.1) is 0 Å². The fourth-order valence-electron chi connectivity index (χ4n) is 2.73. The van der Waals surface area contributed by atoms with Crippen molar-refractivity contribution in [3.63, 3.8) is 0 Å². The minimum Gasteiger partial charge on any atom is -0.267 e. The molecule has 0 bridgehead atoms. The molecule has 0 amide bonds. The summed E-state index contributed by atoms with van der Waals surface area (Å²) < 4.78 is 1.43. The van der Waals surface area contributed by atoms with Crippen LogP contribution in [0.2, 0.25) is 15.2 Å². The van der Waals surface area contributed by atoms with Crippen LogP contribution in [0.4, 0.5) is 0 Å². The third-order valence-electron chi connectivity index (χ3n) is 3.90. The highest BCUT2D eigenvalue weighted by Gasteiger charge is 2.18. The Morgan fingerprint density at radius 3 is 2.31 bits per heavy atom. The molecular formula is C18H9Cl3N4O. The first kappa shape index (κ1) is 17.0. The van der Waals surface area contributed by atoms with Crippen LogP contribution in [-0.2, 0) is 0 Å². The molecule has 5 nitrogen and oxygen atoms in total.